The molecule has 7 heteroatoms. The van der Waals surface area contributed by atoms with Gasteiger partial charge in [0, 0.05) is 37.2 Å². The van der Waals surface area contributed by atoms with E-state index < -0.39 is 6.36 Å². The second-order valence-corrected chi connectivity index (χ2v) is 6.03. The van der Waals surface area contributed by atoms with E-state index in [0.29, 0.717) is 11.3 Å². The maximum absolute atomic E-state index is 12.2. The van der Waals surface area contributed by atoms with Crippen LogP contribution in [-0.4, -0.2) is 31.8 Å². The quantitative estimate of drug-likeness (QED) is 0.734. The third-order valence-electron chi connectivity index (χ3n) is 4.20. The summed E-state index contributed by atoms with van der Waals surface area (Å²) in [6.45, 7) is 1.61. The van der Waals surface area contributed by atoms with Crippen LogP contribution in [0.3, 0.4) is 0 Å². The van der Waals surface area contributed by atoms with Crippen molar-refractivity contribution >= 4 is 12.0 Å². The molecular weight excluding hydrogens is 347 g/mol. The van der Waals surface area contributed by atoms with Crippen LogP contribution in [0.15, 0.2) is 48.5 Å². The molecule has 2 aromatic rings. The molecular formula is C19H18F3NO3. The van der Waals surface area contributed by atoms with Crippen LogP contribution in [-0.2, 0) is 0 Å². The third-order valence-corrected chi connectivity index (χ3v) is 4.20. The molecule has 4 nitrogen and oxygen atoms in total. The summed E-state index contributed by atoms with van der Waals surface area (Å²) >= 11 is 0. The fraction of sp³-hybridized carbons (Fsp3) is 0.316. The van der Waals surface area contributed by atoms with Crippen molar-refractivity contribution < 1.29 is 27.4 Å². The summed E-state index contributed by atoms with van der Waals surface area (Å²) < 4.78 is 46.2. The smallest absolute Gasteiger partial charge is 0.490 e. The van der Waals surface area contributed by atoms with Crippen LogP contribution in [0, 0.1) is 0 Å². The van der Waals surface area contributed by atoms with Gasteiger partial charge in [-0.15, -0.1) is 13.2 Å². The normalized spacial score (nSPS) is 15.6. The average molecular weight is 365 g/mol. The molecule has 0 amide bonds. The van der Waals surface area contributed by atoms with Gasteiger partial charge in [0.05, 0.1) is 0 Å². The van der Waals surface area contributed by atoms with Crippen molar-refractivity contribution in [1.82, 2.24) is 0 Å². The van der Waals surface area contributed by atoms with E-state index in [1.165, 1.54) is 24.3 Å². The number of halogens is 3. The number of hydrogen-bond donors (Lipinski definition) is 0. The Bertz CT molecular complexity index is 721. The van der Waals surface area contributed by atoms with Gasteiger partial charge >= 0.3 is 6.36 Å². The summed E-state index contributed by atoms with van der Waals surface area (Å²) in [6.07, 6.45) is -2.27. The van der Waals surface area contributed by atoms with E-state index in [4.69, 9.17) is 4.74 Å². The summed E-state index contributed by atoms with van der Waals surface area (Å²) in [5, 5.41) is 0. The fourth-order valence-corrected chi connectivity index (χ4v) is 2.91. The highest BCUT2D eigenvalue weighted by molar-refractivity contribution is 5.75. The maximum Gasteiger partial charge on any atom is 0.573 e. The second kappa shape index (κ2) is 7.68. The molecule has 0 aromatic heterocycles. The molecule has 0 aliphatic carbocycles. The number of benzene rings is 2. The van der Waals surface area contributed by atoms with Gasteiger partial charge < -0.3 is 14.4 Å². The predicted octanol–water partition coefficient (Wildman–Crippen LogP) is 4.45. The first kappa shape index (κ1) is 18.1. The monoisotopic (exact) mass is 365 g/mol. The third kappa shape index (κ3) is 4.91. The van der Waals surface area contributed by atoms with Crippen LogP contribution in [0.1, 0.15) is 23.2 Å². The lowest BCUT2D eigenvalue weighted by molar-refractivity contribution is -0.274. The molecule has 0 bridgehead atoms. The Hall–Kier alpha value is -2.70. The number of hydrogen-bond acceptors (Lipinski definition) is 4. The van der Waals surface area contributed by atoms with E-state index in [9.17, 15) is 18.0 Å². The van der Waals surface area contributed by atoms with Crippen molar-refractivity contribution in [2.75, 3.05) is 18.0 Å². The van der Waals surface area contributed by atoms with E-state index in [-0.39, 0.29) is 11.9 Å². The summed E-state index contributed by atoms with van der Waals surface area (Å²) in [7, 11) is 0. The Labute approximate surface area is 149 Å². The molecule has 1 aliphatic heterocycles. The van der Waals surface area contributed by atoms with E-state index in [1.807, 2.05) is 12.1 Å². The van der Waals surface area contributed by atoms with Crippen LogP contribution in [0.4, 0.5) is 18.9 Å². The molecule has 0 atom stereocenters. The fourth-order valence-electron chi connectivity index (χ4n) is 2.91. The van der Waals surface area contributed by atoms with Gasteiger partial charge in [-0.1, -0.05) is 0 Å². The van der Waals surface area contributed by atoms with Crippen LogP contribution in [0.5, 0.6) is 11.5 Å². The van der Waals surface area contributed by atoms with Crippen molar-refractivity contribution in [3.63, 3.8) is 0 Å². The molecule has 138 valence electrons. The Morgan fingerprint density at radius 1 is 0.923 bits per heavy atom. The Balaban J connectivity index is 1.51. The highest BCUT2D eigenvalue weighted by Crippen LogP contribution is 2.27. The van der Waals surface area contributed by atoms with E-state index in [1.54, 1.807) is 12.1 Å². The Morgan fingerprint density at radius 3 is 2.04 bits per heavy atom. The lowest BCUT2D eigenvalue weighted by atomic mass is 10.1. The zero-order valence-electron chi connectivity index (χ0n) is 13.9. The molecule has 1 fully saturated rings. The van der Waals surface area contributed by atoms with Gasteiger partial charge in [0.1, 0.15) is 23.9 Å². The minimum atomic E-state index is -4.70. The van der Waals surface area contributed by atoms with Crippen LogP contribution >= 0.6 is 0 Å². The summed E-state index contributed by atoms with van der Waals surface area (Å²) in [6, 6.07) is 12.9. The predicted molar refractivity (Wildman–Crippen MR) is 90.8 cm³/mol. The second-order valence-electron chi connectivity index (χ2n) is 6.03. The number of nitrogens with zero attached hydrogens (tertiary/aromatic N) is 1. The first-order valence-corrected chi connectivity index (χ1v) is 8.25. The number of piperidine rings is 1. The molecule has 0 N–H and O–H groups in total. The zero-order chi connectivity index (χ0) is 18.6. The number of carbonyl (C=O) groups excluding carboxylic acids is 1. The minimum absolute atomic E-state index is 0.00915. The van der Waals surface area contributed by atoms with Crippen LogP contribution in [0.2, 0.25) is 0 Å². The van der Waals surface area contributed by atoms with Gasteiger partial charge in [-0.25, -0.2) is 0 Å². The summed E-state index contributed by atoms with van der Waals surface area (Å²) in [5.41, 5.74) is 1.70. The van der Waals surface area contributed by atoms with Gasteiger partial charge in [-0.2, -0.15) is 0 Å². The van der Waals surface area contributed by atoms with Crippen molar-refractivity contribution in [2.45, 2.75) is 25.3 Å². The Morgan fingerprint density at radius 2 is 1.50 bits per heavy atom. The topological polar surface area (TPSA) is 38.8 Å². The first-order valence-electron chi connectivity index (χ1n) is 8.25. The van der Waals surface area contributed by atoms with E-state index in [2.05, 4.69) is 9.64 Å². The lowest BCUT2D eigenvalue weighted by Gasteiger charge is -2.33. The molecule has 0 spiro atoms. The van der Waals surface area contributed by atoms with Crippen molar-refractivity contribution in [1.29, 1.82) is 0 Å². The van der Waals surface area contributed by atoms with Crippen LogP contribution in [0.25, 0.3) is 0 Å². The van der Waals surface area contributed by atoms with Crippen molar-refractivity contribution in [3.05, 3.63) is 54.1 Å². The molecule has 1 aliphatic rings. The largest absolute Gasteiger partial charge is 0.573 e. The molecule has 1 heterocycles. The minimum Gasteiger partial charge on any atom is -0.490 e. The Kier molecular flexibility index (Phi) is 5.35. The average Bonchev–Trinajstić information content (AvgIpc) is 2.63. The molecule has 0 saturated carbocycles. The summed E-state index contributed by atoms with van der Waals surface area (Å²) in [4.78, 5) is 12.9. The van der Waals surface area contributed by atoms with Gasteiger partial charge in [-0.3, -0.25) is 4.79 Å². The van der Waals surface area contributed by atoms with E-state index >= 15 is 0 Å². The molecule has 26 heavy (non-hydrogen) atoms. The molecule has 0 radical (unpaired) electrons. The molecule has 3 rings (SSSR count). The molecule has 2 aromatic carbocycles. The number of ether oxygens (including phenoxy) is 2. The lowest BCUT2D eigenvalue weighted by Crippen LogP contribution is -2.38. The first-order chi connectivity index (χ1) is 12.4. The SMILES string of the molecule is O=Cc1ccc(N2CCC(Oc3ccc(OC(F)(F)F)cc3)CC2)cc1. The number of alkyl halides is 3. The molecule has 1 saturated heterocycles. The maximum atomic E-state index is 12.2. The van der Waals surface area contributed by atoms with Gasteiger partial charge in [-0.05, 0) is 48.5 Å². The van der Waals surface area contributed by atoms with Crippen molar-refractivity contribution in [3.8, 4) is 11.5 Å². The number of rotatable bonds is 5. The zero-order valence-corrected chi connectivity index (χ0v) is 13.9. The highest BCUT2D eigenvalue weighted by atomic mass is 19.4. The number of aldehydes is 1. The van der Waals surface area contributed by atoms with Crippen molar-refractivity contribution in [2.24, 2.45) is 0 Å². The summed E-state index contributed by atoms with van der Waals surface area (Å²) in [5.74, 6) is 0.256. The van der Waals surface area contributed by atoms with Crippen LogP contribution < -0.4 is 14.4 Å². The van der Waals surface area contributed by atoms with Gasteiger partial charge in [0.2, 0.25) is 0 Å². The van der Waals surface area contributed by atoms with E-state index in [0.717, 1.165) is 37.9 Å². The standard InChI is InChI=1S/C19H18F3NO3/c20-19(21,22)26-18-7-5-16(6-8-18)25-17-9-11-23(12-10-17)15-3-1-14(13-24)2-4-15/h1-8,13,17H,9-12H2. The number of anilines is 1. The highest BCUT2D eigenvalue weighted by Gasteiger charge is 2.31. The van der Waals surface area contributed by atoms with Gasteiger partial charge in [0.15, 0.2) is 0 Å². The molecule has 0 unspecified atom stereocenters. The number of carbonyl (C=O) groups is 1. The van der Waals surface area contributed by atoms with Gasteiger partial charge in [0.25, 0.3) is 0 Å².